The average molecular weight is 329 g/mol. The van der Waals surface area contributed by atoms with Gasteiger partial charge in [-0.25, -0.2) is 0 Å². The van der Waals surface area contributed by atoms with E-state index in [9.17, 15) is 4.79 Å². The predicted octanol–water partition coefficient (Wildman–Crippen LogP) is 3.27. The third-order valence-electron chi connectivity index (χ3n) is 3.14. The number of amides is 1. The summed E-state index contributed by atoms with van der Waals surface area (Å²) < 4.78 is 1.04. The summed E-state index contributed by atoms with van der Waals surface area (Å²) in [5.74, 6) is 0.0920. The Labute approximate surface area is 110 Å². The van der Waals surface area contributed by atoms with Gasteiger partial charge >= 0.3 is 0 Å². The minimum Gasteiger partial charge on any atom is -0.349 e. The molecule has 1 aliphatic carbocycles. The summed E-state index contributed by atoms with van der Waals surface area (Å²) in [6.45, 7) is 1.99. The van der Waals surface area contributed by atoms with Crippen LogP contribution in [0.25, 0.3) is 0 Å². The molecule has 86 valence electrons. The minimum atomic E-state index is 0.0920. The first-order valence-corrected chi connectivity index (χ1v) is 6.82. The number of rotatable bonds is 2. The van der Waals surface area contributed by atoms with Crippen molar-refractivity contribution in [1.29, 1.82) is 0 Å². The van der Waals surface area contributed by atoms with Gasteiger partial charge in [0, 0.05) is 9.61 Å². The molecule has 0 aliphatic heterocycles. The lowest BCUT2D eigenvalue weighted by molar-refractivity contribution is 0.0936. The highest BCUT2D eigenvalue weighted by molar-refractivity contribution is 14.1. The number of aryl methyl sites for hydroxylation is 1. The van der Waals surface area contributed by atoms with Crippen LogP contribution in [0.3, 0.4) is 0 Å². The smallest absolute Gasteiger partial charge is 0.252 e. The van der Waals surface area contributed by atoms with E-state index in [1.165, 1.54) is 12.8 Å². The van der Waals surface area contributed by atoms with Crippen molar-refractivity contribution in [3.63, 3.8) is 0 Å². The molecule has 1 aliphatic rings. The molecular weight excluding hydrogens is 313 g/mol. The van der Waals surface area contributed by atoms with Crippen LogP contribution in [0.15, 0.2) is 18.2 Å². The molecule has 0 saturated heterocycles. The molecule has 0 atom stereocenters. The standard InChI is InChI=1S/C13H16INO/c1-9-5-4-8-11(14)12(9)13(16)15-10-6-2-3-7-10/h4-5,8,10H,2-3,6-7H2,1H3,(H,15,16). The van der Waals surface area contributed by atoms with Crippen LogP contribution >= 0.6 is 22.6 Å². The van der Waals surface area contributed by atoms with Crippen molar-refractivity contribution in [2.24, 2.45) is 0 Å². The first-order valence-electron chi connectivity index (χ1n) is 5.74. The number of nitrogens with one attached hydrogen (secondary N) is 1. The van der Waals surface area contributed by atoms with Crippen molar-refractivity contribution in [3.8, 4) is 0 Å². The molecule has 16 heavy (non-hydrogen) atoms. The Kier molecular flexibility index (Phi) is 3.84. The molecule has 1 aromatic rings. The highest BCUT2D eigenvalue weighted by atomic mass is 127. The molecule has 2 rings (SSSR count). The summed E-state index contributed by atoms with van der Waals surface area (Å²) in [4.78, 5) is 12.1. The van der Waals surface area contributed by atoms with E-state index in [1.807, 2.05) is 25.1 Å². The second-order valence-corrected chi connectivity index (χ2v) is 5.55. The Hall–Kier alpha value is -0.580. The van der Waals surface area contributed by atoms with Crippen molar-refractivity contribution < 1.29 is 4.79 Å². The topological polar surface area (TPSA) is 29.1 Å². The molecular formula is C13H16INO. The van der Waals surface area contributed by atoms with E-state index in [0.717, 1.165) is 27.5 Å². The molecule has 0 bridgehead atoms. The second kappa shape index (κ2) is 5.17. The van der Waals surface area contributed by atoms with E-state index in [4.69, 9.17) is 0 Å². The van der Waals surface area contributed by atoms with Gasteiger partial charge < -0.3 is 5.32 Å². The van der Waals surface area contributed by atoms with E-state index in [1.54, 1.807) is 0 Å². The van der Waals surface area contributed by atoms with Gasteiger partial charge in [0.15, 0.2) is 0 Å². The van der Waals surface area contributed by atoms with E-state index in [-0.39, 0.29) is 5.91 Å². The highest BCUT2D eigenvalue weighted by Crippen LogP contribution is 2.20. The summed E-state index contributed by atoms with van der Waals surface area (Å²) in [6, 6.07) is 6.36. The molecule has 0 heterocycles. The molecule has 1 N–H and O–H groups in total. The first-order chi connectivity index (χ1) is 7.68. The Morgan fingerprint density at radius 3 is 2.69 bits per heavy atom. The van der Waals surface area contributed by atoms with Crippen molar-refractivity contribution in [2.75, 3.05) is 0 Å². The molecule has 0 radical (unpaired) electrons. The van der Waals surface area contributed by atoms with Gasteiger partial charge in [-0.1, -0.05) is 25.0 Å². The van der Waals surface area contributed by atoms with Gasteiger partial charge in [-0.3, -0.25) is 4.79 Å². The normalized spacial score (nSPS) is 16.4. The Balaban J connectivity index is 2.13. The number of carbonyl (C=O) groups excluding carboxylic acids is 1. The van der Waals surface area contributed by atoms with Crippen molar-refractivity contribution >= 4 is 28.5 Å². The zero-order valence-corrected chi connectivity index (χ0v) is 11.6. The fourth-order valence-corrected chi connectivity index (χ4v) is 3.13. The van der Waals surface area contributed by atoms with Gasteiger partial charge in [0.05, 0.1) is 5.56 Å². The third kappa shape index (κ3) is 2.56. The molecule has 3 heteroatoms. The number of hydrogen-bond acceptors (Lipinski definition) is 1. The van der Waals surface area contributed by atoms with Crippen molar-refractivity contribution in [2.45, 2.75) is 38.6 Å². The maximum absolute atomic E-state index is 12.1. The Morgan fingerprint density at radius 2 is 2.06 bits per heavy atom. The summed E-state index contributed by atoms with van der Waals surface area (Å²) in [5.41, 5.74) is 1.90. The molecule has 0 spiro atoms. The molecule has 1 fully saturated rings. The van der Waals surface area contributed by atoms with E-state index in [2.05, 4.69) is 27.9 Å². The fourth-order valence-electron chi connectivity index (χ4n) is 2.25. The maximum Gasteiger partial charge on any atom is 0.252 e. The first kappa shape index (κ1) is 11.9. The number of benzene rings is 1. The van der Waals surface area contributed by atoms with Crippen LogP contribution < -0.4 is 5.32 Å². The lowest BCUT2D eigenvalue weighted by Gasteiger charge is -2.14. The summed E-state index contributed by atoms with van der Waals surface area (Å²) in [5, 5.41) is 3.13. The molecule has 1 aromatic carbocycles. The Morgan fingerprint density at radius 1 is 1.38 bits per heavy atom. The van der Waals surface area contributed by atoms with Gasteiger partial charge in [0.25, 0.3) is 5.91 Å². The van der Waals surface area contributed by atoms with Gasteiger partial charge in [-0.2, -0.15) is 0 Å². The van der Waals surface area contributed by atoms with Crippen LogP contribution in [0, 0.1) is 10.5 Å². The lowest BCUT2D eigenvalue weighted by atomic mass is 10.1. The molecule has 0 unspecified atom stereocenters. The van der Waals surface area contributed by atoms with Crippen LogP contribution in [-0.4, -0.2) is 11.9 Å². The van der Waals surface area contributed by atoms with Crippen LogP contribution in [0.1, 0.15) is 41.6 Å². The molecule has 2 nitrogen and oxygen atoms in total. The summed E-state index contributed by atoms with van der Waals surface area (Å²) in [6.07, 6.45) is 4.76. The predicted molar refractivity (Wildman–Crippen MR) is 73.6 cm³/mol. The van der Waals surface area contributed by atoms with Crippen molar-refractivity contribution in [3.05, 3.63) is 32.9 Å². The lowest BCUT2D eigenvalue weighted by Crippen LogP contribution is -2.33. The van der Waals surface area contributed by atoms with Crippen LogP contribution in [-0.2, 0) is 0 Å². The maximum atomic E-state index is 12.1. The number of carbonyl (C=O) groups is 1. The van der Waals surface area contributed by atoms with Gasteiger partial charge in [-0.05, 0) is 54.0 Å². The largest absolute Gasteiger partial charge is 0.349 e. The minimum absolute atomic E-state index is 0.0920. The van der Waals surface area contributed by atoms with E-state index >= 15 is 0 Å². The van der Waals surface area contributed by atoms with E-state index in [0.29, 0.717) is 6.04 Å². The number of hydrogen-bond donors (Lipinski definition) is 1. The Bertz CT molecular complexity index is 377. The zero-order chi connectivity index (χ0) is 11.5. The monoisotopic (exact) mass is 329 g/mol. The molecule has 1 saturated carbocycles. The highest BCUT2D eigenvalue weighted by Gasteiger charge is 2.20. The summed E-state index contributed by atoms with van der Waals surface area (Å²) >= 11 is 2.23. The molecule has 0 aromatic heterocycles. The van der Waals surface area contributed by atoms with Gasteiger partial charge in [0.2, 0.25) is 0 Å². The SMILES string of the molecule is Cc1cccc(I)c1C(=O)NC1CCCC1. The summed E-state index contributed by atoms with van der Waals surface area (Å²) in [7, 11) is 0. The van der Waals surface area contributed by atoms with Crippen LogP contribution in [0.4, 0.5) is 0 Å². The van der Waals surface area contributed by atoms with Crippen molar-refractivity contribution in [1.82, 2.24) is 5.32 Å². The van der Waals surface area contributed by atoms with Crippen LogP contribution in [0.5, 0.6) is 0 Å². The second-order valence-electron chi connectivity index (χ2n) is 4.39. The fraction of sp³-hybridized carbons (Fsp3) is 0.462. The quantitative estimate of drug-likeness (QED) is 0.829. The van der Waals surface area contributed by atoms with Crippen LogP contribution in [0.2, 0.25) is 0 Å². The average Bonchev–Trinajstić information content (AvgIpc) is 2.70. The zero-order valence-electron chi connectivity index (χ0n) is 9.42. The third-order valence-corrected chi connectivity index (χ3v) is 4.04. The number of halogens is 1. The van der Waals surface area contributed by atoms with Gasteiger partial charge in [0.1, 0.15) is 0 Å². The molecule has 1 amide bonds. The van der Waals surface area contributed by atoms with Gasteiger partial charge in [-0.15, -0.1) is 0 Å². The van der Waals surface area contributed by atoms with E-state index < -0.39 is 0 Å².